The predicted molar refractivity (Wildman–Crippen MR) is 272 cm³/mol. The molecule has 0 bridgehead atoms. The summed E-state index contributed by atoms with van der Waals surface area (Å²) in [6.45, 7) is 26.4. The zero-order valence-corrected chi connectivity index (χ0v) is 42.1. The molecule has 2 saturated carbocycles. The van der Waals surface area contributed by atoms with Gasteiger partial charge in [-0.2, -0.15) is 0 Å². The summed E-state index contributed by atoms with van der Waals surface area (Å²) in [6, 6.07) is 8.02. The average Bonchev–Trinajstić information content (AvgIpc) is 4.02. The lowest BCUT2D eigenvalue weighted by Gasteiger charge is -2.48. The monoisotopic (exact) mass is 1010 g/mol. The van der Waals surface area contributed by atoms with Gasteiger partial charge in [0.25, 0.3) is 0 Å². The van der Waals surface area contributed by atoms with Gasteiger partial charge in [0, 0.05) is 47.6 Å². The Balaban J connectivity index is 0.000000139. The minimum atomic E-state index is -0.392. The van der Waals surface area contributed by atoms with Gasteiger partial charge in [-0.25, -0.2) is 47.8 Å². The van der Waals surface area contributed by atoms with E-state index >= 15 is 4.39 Å². The Kier molecular flexibility index (Phi) is 13.9. The van der Waals surface area contributed by atoms with E-state index in [0.29, 0.717) is 53.0 Å². The molecule has 6 fully saturated rings. The number of nitrogens with one attached hydrogen (secondary N) is 3. The number of fused-ring (bicyclic) bond motifs is 2. The van der Waals surface area contributed by atoms with Crippen molar-refractivity contribution in [1.82, 2.24) is 70.2 Å². The standard InChI is InChI=1S/C25H29FN10.C15H20ClN5.C10H10FN5/c1-25(2)12-16(9-17-5-4-8-35(17)25)30-23-21(27-3)13-28-24(32-23)31-20-11-22(36-14-29-33-34-36)18(10-19(20)26)15-6-7-15;1-15(2)8-10(7-11-5-4-6-21(11)15)19-13-12(17-3)9-18-14(16)20-13;11-8-3-7(6-1-2-6)10(4-9(8)12)16-5-13-14-15-16/h10-11,13-17H,4-9,12H2,1-2H3,(H2,28,30,31,32);9-11H,4-8H2,1-2H3,(H,18,19,20);3-6H,1-2,12H2/t16-,17+;10-,11+;/m11./s1. The highest BCUT2D eigenvalue weighted by Gasteiger charge is 2.44. The molecule has 8 heterocycles. The quantitative estimate of drug-likeness (QED) is 0.0571. The van der Waals surface area contributed by atoms with E-state index in [9.17, 15) is 4.39 Å². The molecule has 12 rings (SSSR count). The highest BCUT2D eigenvalue weighted by atomic mass is 35.5. The Morgan fingerprint density at radius 3 is 1.70 bits per heavy atom. The number of rotatable bonds is 10. The predicted octanol–water partition coefficient (Wildman–Crippen LogP) is 9.34. The molecule has 2 aromatic carbocycles. The van der Waals surface area contributed by atoms with E-state index < -0.39 is 5.82 Å². The van der Waals surface area contributed by atoms with Gasteiger partial charge in [-0.15, -0.1) is 10.2 Å². The summed E-state index contributed by atoms with van der Waals surface area (Å²) >= 11 is 5.86. The van der Waals surface area contributed by atoms with E-state index in [1.165, 1.54) is 68.0 Å². The Labute approximate surface area is 427 Å². The summed E-state index contributed by atoms with van der Waals surface area (Å²) in [5.41, 5.74) is 10.3. The molecule has 4 aliphatic heterocycles. The number of nitrogens with two attached hydrogens (primary N) is 1. The number of anilines is 5. The van der Waals surface area contributed by atoms with Crippen molar-refractivity contribution in [3.05, 3.63) is 100 Å². The van der Waals surface area contributed by atoms with Crippen LogP contribution in [0.2, 0.25) is 5.28 Å². The fourth-order valence-corrected chi connectivity index (χ4v) is 11.7. The molecule has 4 atom stereocenters. The molecule has 6 aromatic rings. The van der Waals surface area contributed by atoms with Gasteiger partial charge in [0.05, 0.1) is 35.9 Å². The largest absolute Gasteiger partial charge is 0.396 e. The van der Waals surface area contributed by atoms with E-state index in [0.717, 1.165) is 80.4 Å². The molecule has 0 amide bonds. The van der Waals surface area contributed by atoms with E-state index in [1.54, 1.807) is 22.9 Å². The number of nitrogens with zero attached hydrogens (tertiary/aromatic N) is 16. The minimum Gasteiger partial charge on any atom is -0.396 e. The van der Waals surface area contributed by atoms with Crippen molar-refractivity contribution in [2.75, 3.05) is 34.8 Å². The molecule has 0 unspecified atom stereocenters. The first-order valence-electron chi connectivity index (χ1n) is 25.0. The number of piperidine rings is 2. The molecule has 0 spiro atoms. The van der Waals surface area contributed by atoms with Gasteiger partial charge in [-0.05, 0) is 198 Å². The van der Waals surface area contributed by atoms with Crippen LogP contribution in [0.4, 0.5) is 49.1 Å². The summed E-state index contributed by atoms with van der Waals surface area (Å²) in [5.74, 6) is 1.23. The first kappa shape index (κ1) is 49.6. The molecule has 73 heavy (non-hydrogen) atoms. The summed E-state index contributed by atoms with van der Waals surface area (Å²) in [7, 11) is 0. The summed E-state index contributed by atoms with van der Waals surface area (Å²) in [6.07, 6.45) is 19.3. The van der Waals surface area contributed by atoms with Gasteiger partial charge in [0.1, 0.15) is 35.9 Å². The van der Waals surface area contributed by atoms with Crippen LogP contribution in [0.5, 0.6) is 0 Å². The number of nitrogen functional groups attached to an aromatic ring is 1. The van der Waals surface area contributed by atoms with Crippen LogP contribution in [0.25, 0.3) is 21.1 Å². The van der Waals surface area contributed by atoms with Crippen molar-refractivity contribution < 1.29 is 8.78 Å². The van der Waals surface area contributed by atoms with Crippen molar-refractivity contribution in [2.45, 2.75) is 152 Å². The molecule has 23 heteroatoms. The van der Waals surface area contributed by atoms with Crippen LogP contribution in [-0.4, -0.2) is 118 Å². The second kappa shape index (κ2) is 20.5. The maximum absolute atomic E-state index is 15.1. The normalized spacial score (nSPS) is 22.8. The lowest BCUT2D eigenvalue weighted by atomic mass is 9.84. The van der Waals surface area contributed by atoms with Gasteiger partial charge in [0.15, 0.2) is 0 Å². The van der Waals surface area contributed by atoms with Crippen molar-refractivity contribution in [1.29, 1.82) is 0 Å². The molecule has 4 saturated heterocycles. The molecular formula is C50H59ClF2N20. The molecule has 20 nitrogen and oxygen atoms in total. The van der Waals surface area contributed by atoms with Crippen molar-refractivity contribution in [3.63, 3.8) is 0 Å². The topological polar surface area (TPSA) is 216 Å². The highest BCUT2D eigenvalue weighted by Crippen LogP contribution is 2.46. The Morgan fingerprint density at radius 1 is 0.685 bits per heavy atom. The van der Waals surface area contributed by atoms with Gasteiger partial charge in [-0.1, -0.05) is 0 Å². The third kappa shape index (κ3) is 11.0. The van der Waals surface area contributed by atoms with Crippen molar-refractivity contribution in [3.8, 4) is 11.4 Å². The SMILES string of the molecule is Nc1cc(-n2cnnn2)c(C2CC2)cc1F.[C-]#[N+]c1cnc(Cl)nc1N[C@@H]1C[C@@H]2CCCN2C(C)(C)C1.[C-]#[N+]c1cnc(Nc2cc(-n3cnnn3)c(C3CC3)cc2F)nc1N[C@@H]1C[C@@H]2CCCN2C(C)(C)C1. The molecular weight excluding hydrogens is 954 g/mol. The third-order valence-electron chi connectivity index (χ3n) is 15.1. The number of benzene rings is 2. The lowest BCUT2D eigenvalue weighted by molar-refractivity contribution is 0.0499. The first-order chi connectivity index (χ1) is 35.2. The summed E-state index contributed by atoms with van der Waals surface area (Å²) in [5, 5.41) is 32.5. The van der Waals surface area contributed by atoms with Crippen LogP contribution < -0.4 is 21.7 Å². The first-order valence-corrected chi connectivity index (χ1v) is 25.4. The zero-order chi connectivity index (χ0) is 51.0. The highest BCUT2D eigenvalue weighted by molar-refractivity contribution is 6.28. The number of hydrogen-bond acceptors (Lipinski definition) is 16. The maximum atomic E-state index is 15.1. The van der Waals surface area contributed by atoms with Crippen LogP contribution >= 0.6 is 11.6 Å². The molecule has 4 aromatic heterocycles. The lowest BCUT2D eigenvalue weighted by Crippen LogP contribution is -2.55. The van der Waals surface area contributed by atoms with Crippen LogP contribution in [0.15, 0.2) is 49.3 Å². The molecule has 2 aliphatic carbocycles. The van der Waals surface area contributed by atoms with E-state index in [2.05, 4.69) is 114 Å². The number of tetrazole rings is 2. The fourth-order valence-electron chi connectivity index (χ4n) is 11.6. The summed E-state index contributed by atoms with van der Waals surface area (Å²) in [4.78, 5) is 29.3. The molecule has 0 radical (unpaired) electrons. The van der Waals surface area contributed by atoms with Gasteiger partial charge in [0.2, 0.25) is 22.6 Å². The number of hydrogen-bond donors (Lipinski definition) is 4. The van der Waals surface area contributed by atoms with Crippen LogP contribution in [-0.2, 0) is 0 Å². The maximum Gasteiger partial charge on any atom is 0.246 e. The smallest absolute Gasteiger partial charge is 0.246 e. The number of halogens is 3. The Hall–Kier alpha value is -7.01. The van der Waals surface area contributed by atoms with E-state index in [1.807, 2.05) is 0 Å². The molecule has 6 aliphatic rings. The average molecular weight is 1010 g/mol. The molecule has 380 valence electrons. The fraction of sp³-hybridized carbons (Fsp3) is 0.520. The minimum absolute atomic E-state index is 0.0858. The second-order valence-electron chi connectivity index (χ2n) is 21.2. The van der Waals surface area contributed by atoms with Crippen LogP contribution in [0.3, 0.4) is 0 Å². The number of aromatic nitrogens is 12. The van der Waals surface area contributed by atoms with E-state index in [4.69, 9.17) is 30.5 Å². The second-order valence-corrected chi connectivity index (χ2v) is 21.5. The van der Waals surface area contributed by atoms with Gasteiger partial charge < -0.3 is 21.7 Å². The van der Waals surface area contributed by atoms with Gasteiger partial charge >= 0.3 is 0 Å². The zero-order valence-electron chi connectivity index (χ0n) is 41.3. The van der Waals surface area contributed by atoms with Crippen LogP contribution in [0.1, 0.15) is 128 Å². The van der Waals surface area contributed by atoms with E-state index in [-0.39, 0.29) is 45.5 Å². The van der Waals surface area contributed by atoms with Crippen molar-refractivity contribution in [2.24, 2.45) is 0 Å². The van der Waals surface area contributed by atoms with Crippen molar-refractivity contribution >= 4 is 51.9 Å². The Bertz CT molecular complexity index is 3020. The van der Waals surface area contributed by atoms with Crippen LogP contribution in [0, 0.1) is 24.8 Å². The van der Waals surface area contributed by atoms with Gasteiger partial charge in [-0.3, -0.25) is 9.80 Å². The Morgan fingerprint density at radius 2 is 1.19 bits per heavy atom. The molecule has 5 N–H and O–H groups in total. The summed E-state index contributed by atoms with van der Waals surface area (Å²) < 4.78 is 31.6. The third-order valence-corrected chi connectivity index (χ3v) is 15.3.